The normalized spacial score (nSPS) is 20.0. The van der Waals surface area contributed by atoms with Gasteiger partial charge in [-0.15, -0.1) is 0 Å². The topological polar surface area (TPSA) is 114 Å². The van der Waals surface area contributed by atoms with Crippen molar-refractivity contribution in [1.82, 2.24) is 10.6 Å². The van der Waals surface area contributed by atoms with Crippen molar-refractivity contribution in [3.63, 3.8) is 0 Å². The number of allylic oxidation sites excluding steroid dienone is 2. The van der Waals surface area contributed by atoms with E-state index < -0.39 is 18.0 Å². The first kappa shape index (κ1) is 33.5. The number of hydrogen-bond donors (Lipinski definition) is 3. The number of aliphatic hydroxyl groups excluding tert-OH is 1. The number of amides is 2. The largest absolute Gasteiger partial charge is 0.489 e. The zero-order valence-electron chi connectivity index (χ0n) is 25.9. The summed E-state index contributed by atoms with van der Waals surface area (Å²) in [5.74, 6) is -0.994. The first-order valence-electron chi connectivity index (χ1n) is 15.7. The van der Waals surface area contributed by atoms with Crippen molar-refractivity contribution in [2.45, 2.75) is 64.1 Å². The van der Waals surface area contributed by atoms with Gasteiger partial charge in [0, 0.05) is 6.42 Å². The summed E-state index contributed by atoms with van der Waals surface area (Å²) >= 11 is 0. The highest BCUT2D eigenvalue weighted by atomic mass is 16.5. The molecule has 8 heteroatoms. The van der Waals surface area contributed by atoms with Crippen molar-refractivity contribution < 1.29 is 29.0 Å². The predicted octanol–water partition coefficient (Wildman–Crippen LogP) is 4.94. The number of carbonyl (C=O) groups is 3. The summed E-state index contributed by atoms with van der Waals surface area (Å²) in [7, 11) is 0. The SMILES string of the molecule is CC1COC(=O)C(Cc2ccccc2)CCC=CCC(CC(=O)NC(CO)Cc2ccc(OCc3ccccc3)cc2)C(=O)N1. The van der Waals surface area contributed by atoms with E-state index >= 15 is 0 Å². The quantitative estimate of drug-likeness (QED) is 0.209. The predicted molar refractivity (Wildman–Crippen MR) is 173 cm³/mol. The van der Waals surface area contributed by atoms with Crippen LogP contribution in [0, 0.1) is 11.8 Å². The molecule has 8 nitrogen and oxygen atoms in total. The van der Waals surface area contributed by atoms with E-state index in [4.69, 9.17) is 9.47 Å². The van der Waals surface area contributed by atoms with Crippen LogP contribution in [0.5, 0.6) is 5.75 Å². The molecule has 0 bridgehead atoms. The molecule has 2 amide bonds. The average molecular weight is 613 g/mol. The first-order chi connectivity index (χ1) is 21.9. The molecule has 0 aliphatic carbocycles. The molecule has 0 spiro atoms. The van der Waals surface area contributed by atoms with Gasteiger partial charge in [-0.1, -0.05) is 84.9 Å². The highest BCUT2D eigenvalue weighted by Gasteiger charge is 2.26. The Bertz CT molecular complexity index is 1380. The Hall–Kier alpha value is -4.43. The Morgan fingerprint density at radius 2 is 1.62 bits per heavy atom. The number of aliphatic hydroxyl groups is 1. The summed E-state index contributed by atoms with van der Waals surface area (Å²) in [5.41, 5.74) is 3.10. The van der Waals surface area contributed by atoms with E-state index in [0.29, 0.717) is 38.7 Å². The van der Waals surface area contributed by atoms with Gasteiger partial charge in [0.1, 0.15) is 19.0 Å². The molecule has 0 aromatic heterocycles. The third kappa shape index (κ3) is 11.5. The van der Waals surface area contributed by atoms with E-state index in [-0.39, 0.29) is 43.3 Å². The van der Waals surface area contributed by atoms with E-state index in [1.807, 2.05) is 97.1 Å². The molecule has 3 aromatic rings. The molecule has 4 rings (SSSR count). The van der Waals surface area contributed by atoms with Gasteiger partial charge < -0.3 is 25.2 Å². The van der Waals surface area contributed by atoms with Gasteiger partial charge in [0.15, 0.2) is 0 Å². The Morgan fingerprint density at radius 3 is 2.31 bits per heavy atom. The Balaban J connectivity index is 1.30. The zero-order chi connectivity index (χ0) is 31.9. The van der Waals surface area contributed by atoms with Gasteiger partial charge >= 0.3 is 5.97 Å². The molecule has 1 aliphatic rings. The van der Waals surface area contributed by atoms with Crippen LogP contribution >= 0.6 is 0 Å². The van der Waals surface area contributed by atoms with Crippen LogP contribution in [0.25, 0.3) is 0 Å². The van der Waals surface area contributed by atoms with Crippen LogP contribution in [0.4, 0.5) is 0 Å². The van der Waals surface area contributed by atoms with Gasteiger partial charge in [0.05, 0.1) is 30.5 Å². The minimum Gasteiger partial charge on any atom is -0.489 e. The van der Waals surface area contributed by atoms with Gasteiger partial charge in [0.25, 0.3) is 0 Å². The molecule has 1 aliphatic heterocycles. The highest BCUT2D eigenvalue weighted by Crippen LogP contribution is 2.19. The molecular formula is C37H44N2O6. The zero-order valence-corrected chi connectivity index (χ0v) is 25.9. The fourth-order valence-corrected chi connectivity index (χ4v) is 5.31. The van der Waals surface area contributed by atoms with Crippen molar-refractivity contribution in [3.8, 4) is 5.75 Å². The van der Waals surface area contributed by atoms with E-state index in [1.165, 1.54) is 0 Å². The van der Waals surface area contributed by atoms with Gasteiger partial charge in [-0.25, -0.2) is 0 Å². The second-order valence-corrected chi connectivity index (χ2v) is 11.7. The van der Waals surface area contributed by atoms with Crippen LogP contribution in [0.1, 0.15) is 49.3 Å². The molecule has 3 N–H and O–H groups in total. The number of cyclic esters (lactones) is 1. The standard InChI is InChI=1S/C37H44N2O6/c1-27-25-45-37(43)32(21-28-11-5-2-6-12-28)16-10-4-9-15-31(36(42)38-27)23-35(41)39-33(24-40)22-29-17-19-34(20-18-29)44-26-30-13-7-3-8-14-30/h2-9,11-14,17-20,27,31-33,40H,10,15-16,21-26H2,1H3,(H,38,42)(H,39,41). The number of nitrogens with one attached hydrogen (secondary N) is 2. The lowest BCUT2D eigenvalue weighted by Crippen LogP contribution is -2.44. The lowest BCUT2D eigenvalue weighted by Gasteiger charge is -2.22. The van der Waals surface area contributed by atoms with E-state index in [0.717, 1.165) is 22.4 Å². The van der Waals surface area contributed by atoms with Crippen LogP contribution in [0.15, 0.2) is 97.1 Å². The number of rotatable bonds is 11. The minimum absolute atomic E-state index is 0.0257. The number of benzene rings is 3. The molecule has 0 saturated heterocycles. The molecule has 4 unspecified atom stereocenters. The van der Waals surface area contributed by atoms with Gasteiger partial charge in [-0.05, 0) is 67.9 Å². The summed E-state index contributed by atoms with van der Waals surface area (Å²) < 4.78 is 11.4. The van der Waals surface area contributed by atoms with Crippen molar-refractivity contribution in [1.29, 1.82) is 0 Å². The molecule has 0 saturated carbocycles. The summed E-state index contributed by atoms with van der Waals surface area (Å²) in [6, 6.07) is 26.5. The van der Waals surface area contributed by atoms with Crippen molar-refractivity contribution in [2.75, 3.05) is 13.2 Å². The third-order valence-electron chi connectivity index (χ3n) is 7.83. The summed E-state index contributed by atoms with van der Waals surface area (Å²) in [4.78, 5) is 39.1. The highest BCUT2D eigenvalue weighted by molar-refractivity contribution is 5.86. The molecule has 0 radical (unpaired) electrons. The van der Waals surface area contributed by atoms with Crippen molar-refractivity contribution in [3.05, 3.63) is 114 Å². The number of ether oxygens (including phenoxy) is 2. The van der Waals surface area contributed by atoms with Crippen LogP contribution in [0.3, 0.4) is 0 Å². The van der Waals surface area contributed by atoms with Crippen LogP contribution in [-0.2, 0) is 38.6 Å². The fraction of sp³-hybridized carbons (Fsp3) is 0.378. The fourth-order valence-electron chi connectivity index (χ4n) is 5.31. The monoisotopic (exact) mass is 612 g/mol. The molecule has 4 atom stereocenters. The second kappa shape index (κ2) is 17.8. The third-order valence-corrected chi connectivity index (χ3v) is 7.83. The van der Waals surface area contributed by atoms with Gasteiger partial charge in [-0.3, -0.25) is 14.4 Å². The second-order valence-electron chi connectivity index (χ2n) is 11.7. The maximum Gasteiger partial charge on any atom is 0.309 e. The van der Waals surface area contributed by atoms with Crippen LogP contribution in [0.2, 0.25) is 0 Å². The lowest BCUT2D eigenvalue weighted by atomic mass is 9.94. The number of hydrogen-bond acceptors (Lipinski definition) is 6. The van der Waals surface area contributed by atoms with E-state index in [2.05, 4.69) is 10.6 Å². The average Bonchev–Trinajstić information content (AvgIpc) is 3.06. The first-order valence-corrected chi connectivity index (χ1v) is 15.7. The molecule has 45 heavy (non-hydrogen) atoms. The number of carbonyl (C=O) groups excluding carboxylic acids is 3. The summed E-state index contributed by atoms with van der Waals surface area (Å²) in [6.45, 7) is 2.08. The lowest BCUT2D eigenvalue weighted by molar-refractivity contribution is -0.150. The molecular weight excluding hydrogens is 568 g/mol. The minimum atomic E-state index is -0.597. The van der Waals surface area contributed by atoms with E-state index in [9.17, 15) is 19.5 Å². The van der Waals surface area contributed by atoms with Gasteiger partial charge in [-0.2, -0.15) is 0 Å². The molecule has 1 heterocycles. The van der Waals surface area contributed by atoms with Crippen LogP contribution < -0.4 is 15.4 Å². The molecule has 3 aromatic carbocycles. The van der Waals surface area contributed by atoms with E-state index in [1.54, 1.807) is 6.92 Å². The van der Waals surface area contributed by atoms with Crippen molar-refractivity contribution >= 4 is 17.8 Å². The number of esters is 1. The maximum absolute atomic E-state index is 13.1. The smallest absolute Gasteiger partial charge is 0.309 e. The Labute approximate surface area is 265 Å². The summed E-state index contributed by atoms with van der Waals surface area (Å²) in [6.07, 6.45) is 6.56. The van der Waals surface area contributed by atoms with Crippen molar-refractivity contribution in [2.24, 2.45) is 11.8 Å². The van der Waals surface area contributed by atoms with Gasteiger partial charge in [0.2, 0.25) is 11.8 Å². The van der Waals surface area contributed by atoms with Crippen LogP contribution in [-0.4, -0.2) is 48.2 Å². The Morgan fingerprint density at radius 1 is 0.933 bits per heavy atom. The Kier molecular flexibility index (Phi) is 13.2. The molecule has 238 valence electrons. The summed E-state index contributed by atoms with van der Waals surface area (Å²) in [5, 5.41) is 15.8. The molecule has 0 fully saturated rings. The maximum atomic E-state index is 13.1.